The smallest absolute Gasteiger partial charge is 0.462 e. The number of aliphatic hydroxyl groups excluding tert-OH is 1. The molecular weight excluding hydrogens is 1280 g/mol. The number of carbonyl (C=O) groups is 4. The highest BCUT2D eigenvalue weighted by Crippen LogP contribution is 2.45. The Hall–Kier alpha value is -4.54. The van der Waals surface area contributed by atoms with Gasteiger partial charge in [-0.3, -0.25) is 37.3 Å². The van der Waals surface area contributed by atoms with Gasteiger partial charge in [0.1, 0.15) is 19.3 Å². The van der Waals surface area contributed by atoms with Gasteiger partial charge in [-0.1, -0.05) is 252 Å². The first-order valence-electron chi connectivity index (χ1n) is 37.8. The second-order valence-electron chi connectivity index (χ2n) is 24.8. The van der Waals surface area contributed by atoms with Gasteiger partial charge in [-0.05, 0) is 141 Å². The van der Waals surface area contributed by atoms with Gasteiger partial charge in [0.2, 0.25) is 0 Å². The molecule has 0 aliphatic rings. The summed E-state index contributed by atoms with van der Waals surface area (Å²) >= 11 is 0. The number of carbonyl (C=O) groups excluding carboxylic acids is 4. The largest absolute Gasteiger partial charge is 0.472 e. The molecule has 3 N–H and O–H groups in total. The van der Waals surface area contributed by atoms with Crippen molar-refractivity contribution < 1.29 is 80.2 Å². The summed E-state index contributed by atoms with van der Waals surface area (Å²) in [7, 11) is -9.97. The van der Waals surface area contributed by atoms with Gasteiger partial charge in [-0.2, -0.15) is 0 Å². The molecule has 0 aromatic heterocycles. The fraction of sp³-hybridized carbons (Fsp3) is 0.696. The first kappa shape index (κ1) is 93.5. The highest BCUT2D eigenvalue weighted by atomic mass is 31.2. The van der Waals surface area contributed by atoms with Crippen LogP contribution in [0.5, 0.6) is 0 Å². The summed E-state index contributed by atoms with van der Waals surface area (Å²) in [6.45, 7) is 4.54. The van der Waals surface area contributed by atoms with Crippen molar-refractivity contribution in [3.05, 3.63) is 122 Å². The van der Waals surface area contributed by atoms with Crippen molar-refractivity contribution >= 4 is 39.5 Å². The van der Waals surface area contributed by atoms with Crippen molar-refractivity contribution in [2.24, 2.45) is 0 Å². The number of aliphatic hydroxyl groups is 1. The van der Waals surface area contributed by atoms with Gasteiger partial charge in [0.25, 0.3) is 0 Å². The number of rotatable bonds is 70. The third-order valence-corrected chi connectivity index (χ3v) is 17.3. The van der Waals surface area contributed by atoms with Gasteiger partial charge < -0.3 is 33.8 Å². The number of ether oxygens (including phenoxy) is 4. The molecule has 17 nitrogen and oxygen atoms in total. The van der Waals surface area contributed by atoms with Gasteiger partial charge in [-0.25, -0.2) is 9.13 Å². The summed E-state index contributed by atoms with van der Waals surface area (Å²) in [4.78, 5) is 72.7. The number of esters is 4. The molecule has 0 heterocycles. The van der Waals surface area contributed by atoms with Crippen LogP contribution in [-0.4, -0.2) is 96.7 Å². The third-order valence-electron chi connectivity index (χ3n) is 15.4. The average Bonchev–Trinajstić information content (AvgIpc) is 0.983. The second-order valence-corrected chi connectivity index (χ2v) is 27.8. The molecule has 98 heavy (non-hydrogen) atoms. The molecule has 0 amide bonds. The van der Waals surface area contributed by atoms with Crippen LogP contribution in [0.4, 0.5) is 0 Å². The zero-order valence-corrected chi connectivity index (χ0v) is 63.0. The molecule has 0 fully saturated rings. The maximum absolute atomic E-state index is 13.1. The van der Waals surface area contributed by atoms with Gasteiger partial charge in [-0.15, -0.1) is 0 Å². The van der Waals surface area contributed by atoms with Crippen LogP contribution in [0.1, 0.15) is 297 Å². The Balaban J connectivity index is 5.34. The zero-order valence-electron chi connectivity index (χ0n) is 61.2. The Morgan fingerprint density at radius 2 is 0.551 bits per heavy atom. The number of hydrogen-bond acceptors (Lipinski definition) is 15. The highest BCUT2D eigenvalue weighted by Gasteiger charge is 2.30. The molecular formula is C79H134O17P2. The summed E-state index contributed by atoms with van der Waals surface area (Å²) in [5.41, 5.74) is 0. The molecule has 562 valence electrons. The average molecular weight is 1420 g/mol. The van der Waals surface area contributed by atoms with Crippen LogP contribution >= 0.6 is 15.6 Å². The fourth-order valence-corrected chi connectivity index (χ4v) is 11.2. The molecule has 0 spiro atoms. The van der Waals surface area contributed by atoms with E-state index in [0.717, 1.165) is 167 Å². The lowest BCUT2D eigenvalue weighted by Gasteiger charge is -2.21. The minimum absolute atomic E-state index is 0.0698. The molecule has 19 heteroatoms. The Labute approximate surface area is 593 Å². The molecule has 0 bridgehead atoms. The number of phosphoric acid groups is 2. The second kappa shape index (κ2) is 70.9. The minimum Gasteiger partial charge on any atom is -0.462 e. The van der Waals surface area contributed by atoms with Crippen LogP contribution in [-0.2, 0) is 65.4 Å². The number of allylic oxidation sites excluding steroid dienone is 20. The fourth-order valence-electron chi connectivity index (χ4n) is 9.58. The van der Waals surface area contributed by atoms with E-state index in [4.69, 9.17) is 37.0 Å². The summed E-state index contributed by atoms with van der Waals surface area (Å²) < 4.78 is 68.3. The summed E-state index contributed by atoms with van der Waals surface area (Å²) in [5.74, 6) is -2.28. The van der Waals surface area contributed by atoms with E-state index < -0.39 is 97.5 Å². The normalized spacial score (nSPS) is 14.6. The maximum atomic E-state index is 13.1. The third kappa shape index (κ3) is 69.9. The Kier molecular flexibility index (Phi) is 67.6. The van der Waals surface area contributed by atoms with E-state index in [2.05, 4.69) is 137 Å². The molecule has 0 aliphatic heterocycles. The lowest BCUT2D eigenvalue weighted by atomic mass is 10.1. The lowest BCUT2D eigenvalue weighted by molar-refractivity contribution is -0.161. The van der Waals surface area contributed by atoms with Crippen molar-refractivity contribution in [2.75, 3.05) is 39.6 Å². The number of hydrogen-bond donors (Lipinski definition) is 3. The molecule has 0 radical (unpaired) electrons. The van der Waals surface area contributed by atoms with E-state index in [-0.39, 0.29) is 25.7 Å². The van der Waals surface area contributed by atoms with Crippen LogP contribution < -0.4 is 0 Å². The van der Waals surface area contributed by atoms with Crippen LogP contribution in [0.15, 0.2) is 122 Å². The lowest BCUT2D eigenvalue weighted by Crippen LogP contribution is -2.30. The summed E-state index contributed by atoms with van der Waals surface area (Å²) in [6.07, 6.45) is 76.4. The predicted molar refractivity (Wildman–Crippen MR) is 399 cm³/mol. The number of unbranched alkanes of at least 4 members (excludes halogenated alkanes) is 24. The maximum Gasteiger partial charge on any atom is 0.472 e. The van der Waals surface area contributed by atoms with Gasteiger partial charge >= 0.3 is 39.5 Å². The van der Waals surface area contributed by atoms with E-state index in [1.807, 2.05) is 12.2 Å². The van der Waals surface area contributed by atoms with Crippen molar-refractivity contribution in [1.82, 2.24) is 0 Å². The molecule has 0 saturated carbocycles. The molecule has 0 rings (SSSR count). The van der Waals surface area contributed by atoms with Gasteiger partial charge in [0, 0.05) is 25.7 Å². The van der Waals surface area contributed by atoms with E-state index in [9.17, 15) is 43.2 Å². The van der Waals surface area contributed by atoms with Gasteiger partial charge in [0.15, 0.2) is 12.2 Å². The van der Waals surface area contributed by atoms with Crippen molar-refractivity contribution in [3.63, 3.8) is 0 Å². The van der Waals surface area contributed by atoms with Crippen molar-refractivity contribution in [2.45, 2.75) is 316 Å². The zero-order chi connectivity index (χ0) is 71.8. The number of phosphoric ester groups is 2. The van der Waals surface area contributed by atoms with E-state index in [0.29, 0.717) is 32.1 Å². The molecule has 5 atom stereocenters. The standard InChI is InChI=1S/C79H134O17P2/c1-5-9-13-17-21-25-29-31-33-35-36-38-40-42-46-48-52-56-60-64-77(82)90-70-75(96-79(84)66-62-58-54-50-44-28-24-20-16-12-8-4)72-94-98(87,88)92-68-73(80)67-91-97(85,86)93-71-74(95-78(83)65-61-57-53-49-43-27-23-19-15-11-7-3)69-89-76(81)63-59-55-51-47-45-41-39-37-34-32-30-26-22-18-14-10-6-2/h10,14,19-26,31-34,36,38-39,41,47,51,73-75,80H,5-9,11-13,15-18,27-30,35,37,40,42-46,48-50,52-72H2,1-4H3,(H,85,86)(H,87,88)/b14-10-,23-19-,24-20-,25-21-,26-22-,33-31-,34-32-,38-36-,41-39-,51-47-. The highest BCUT2D eigenvalue weighted by molar-refractivity contribution is 7.47. The minimum atomic E-state index is -4.99. The Morgan fingerprint density at radius 1 is 0.296 bits per heavy atom. The Bertz CT molecular complexity index is 2340. The Morgan fingerprint density at radius 3 is 0.898 bits per heavy atom. The molecule has 0 saturated heterocycles. The van der Waals surface area contributed by atoms with Crippen LogP contribution in [0.25, 0.3) is 0 Å². The van der Waals surface area contributed by atoms with Crippen molar-refractivity contribution in [1.29, 1.82) is 0 Å². The van der Waals surface area contributed by atoms with E-state index in [1.165, 1.54) is 44.9 Å². The van der Waals surface area contributed by atoms with Crippen LogP contribution in [0.2, 0.25) is 0 Å². The molecule has 0 aliphatic carbocycles. The SMILES string of the molecule is CC/C=C\C/C=C\C/C=C\C/C=C\C/C=C\CCCC(=O)OCC(COP(=O)(O)OCC(O)COP(=O)(O)OCC(COC(=O)CCCCCCCC/C=C\C/C=C\C/C=C\CCCCC)OC(=O)CCCCCCC/C=C\CCCC)OC(=O)CCCCCCC/C=C\CCCC. The van der Waals surface area contributed by atoms with E-state index in [1.54, 1.807) is 0 Å². The first-order chi connectivity index (χ1) is 47.7. The van der Waals surface area contributed by atoms with Gasteiger partial charge in [0.05, 0.1) is 26.4 Å². The molecule has 0 aromatic rings. The first-order valence-corrected chi connectivity index (χ1v) is 40.8. The quantitative estimate of drug-likeness (QED) is 0.0169. The molecule has 0 aromatic carbocycles. The van der Waals surface area contributed by atoms with Crippen LogP contribution in [0, 0.1) is 0 Å². The predicted octanol–water partition coefficient (Wildman–Crippen LogP) is 21.6. The van der Waals surface area contributed by atoms with E-state index >= 15 is 0 Å². The monoisotopic (exact) mass is 1420 g/mol. The van der Waals surface area contributed by atoms with Crippen molar-refractivity contribution in [3.8, 4) is 0 Å². The topological polar surface area (TPSA) is 237 Å². The summed E-state index contributed by atoms with van der Waals surface area (Å²) in [6, 6.07) is 0. The summed E-state index contributed by atoms with van der Waals surface area (Å²) in [5, 5.41) is 10.6. The van der Waals surface area contributed by atoms with Crippen LogP contribution in [0.3, 0.4) is 0 Å². The molecule has 5 unspecified atom stereocenters.